The molecule has 0 N–H and O–H groups in total. The second kappa shape index (κ2) is 7.40. The monoisotopic (exact) mass is 428 g/mol. The first-order valence-electron chi connectivity index (χ1n) is 10.3. The summed E-state index contributed by atoms with van der Waals surface area (Å²) in [4.78, 5) is 30.9. The van der Waals surface area contributed by atoms with E-state index in [1.807, 2.05) is 55.1 Å². The van der Waals surface area contributed by atoms with E-state index < -0.39 is 0 Å². The van der Waals surface area contributed by atoms with Crippen LogP contribution in [0.5, 0.6) is 0 Å². The molecule has 0 unspecified atom stereocenters. The Balaban J connectivity index is 1.71. The number of para-hydroxylation sites is 1. The molecule has 2 aliphatic heterocycles. The molecule has 0 saturated heterocycles. The molecule has 0 saturated carbocycles. The Labute approximate surface area is 186 Å². The molecule has 3 aromatic carbocycles. The zero-order chi connectivity index (χ0) is 21.7. The lowest BCUT2D eigenvalue weighted by Crippen LogP contribution is -2.35. The van der Waals surface area contributed by atoms with E-state index in [9.17, 15) is 9.59 Å². The van der Waals surface area contributed by atoms with Gasteiger partial charge in [0.2, 0.25) is 0 Å². The molecule has 0 bridgehead atoms. The van der Waals surface area contributed by atoms with Gasteiger partial charge in [0.15, 0.2) is 0 Å². The van der Waals surface area contributed by atoms with Gasteiger partial charge in [-0.15, -0.1) is 0 Å². The molecule has 0 fully saturated rings. The molecule has 0 atom stereocenters. The van der Waals surface area contributed by atoms with Gasteiger partial charge < -0.3 is 4.90 Å². The molecule has 0 radical (unpaired) electrons. The molecule has 2 heterocycles. The van der Waals surface area contributed by atoms with Crippen LogP contribution in [-0.2, 0) is 16.0 Å². The highest BCUT2D eigenvalue weighted by molar-refractivity contribution is 6.46. The zero-order valence-corrected chi connectivity index (χ0v) is 18.1. The number of anilines is 2. The predicted octanol–water partition coefficient (Wildman–Crippen LogP) is 5.30. The average Bonchev–Trinajstić information content (AvgIpc) is 3.29. The van der Waals surface area contributed by atoms with Crippen molar-refractivity contribution >= 4 is 40.4 Å². The zero-order valence-electron chi connectivity index (χ0n) is 17.4. The first-order valence-corrected chi connectivity index (χ1v) is 10.7. The van der Waals surface area contributed by atoms with E-state index in [-0.39, 0.29) is 11.8 Å². The van der Waals surface area contributed by atoms with Crippen molar-refractivity contribution in [2.75, 3.05) is 16.3 Å². The number of rotatable bonds is 3. The molecule has 3 aromatic rings. The number of amides is 2. The molecule has 5 heteroatoms. The summed E-state index contributed by atoms with van der Waals surface area (Å²) in [5.74, 6) is -0.597. The van der Waals surface area contributed by atoms with Crippen molar-refractivity contribution in [3.8, 4) is 0 Å². The van der Waals surface area contributed by atoms with E-state index in [2.05, 4.69) is 6.07 Å². The second-order valence-corrected chi connectivity index (χ2v) is 8.36. The van der Waals surface area contributed by atoms with Gasteiger partial charge in [-0.05, 0) is 66.8 Å². The van der Waals surface area contributed by atoms with Crippen LogP contribution in [0.4, 0.5) is 11.4 Å². The van der Waals surface area contributed by atoms with Crippen LogP contribution in [0.1, 0.15) is 22.3 Å². The fourth-order valence-corrected chi connectivity index (χ4v) is 4.54. The number of halogens is 1. The maximum Gasteiger partial charge on any atom is 0.282 e. The summed E-state index contributed by atoms with van der Waals surface area (Å²) in [6, 6.07) is 20.8. The predicted molar refractivity (Wildman–Crippen MR) is 124 cm³/mol. The van der Waals surface area contributed by atoms with Crippen molar-refractivity contribution in [1.29, 1.82) is 0 Å². The topological polar surface area (TPSA) is 40.6 Å². The van der Waals surface area contributed by atoms with Gasteiger partial charge in [-0.1, -0.05) is 54.1 Å². The van der Waals surface area contributed by atoms with Crippen LogP contribution in [0.25, 0.3) is 5.57 Å². The van der Waals surface area contributed by atoms with Crippen molar-refractivity contribution in [3.63, 3.8) is 0 Å². The Morgan fingerprint density at radius 3 is 2.29 bits per heavy atom. The Bertz CT molecular complexity index is 1260. The highest BCUT2D eigenvalue weighted by atomic mass is 35.5. The minimum absolute atomic E-state index is 0.291. The lowest BCUT2D eigenvalue weighted by Gasteiger charge is -2.22. The summed E-state index contributed by atoms with van der Waals surface area (Å²) < 4.78 is 0. The standard InChI is InChI=1S/C26H21ClN2O2/c1-16-6-5-9-21(17(16)2)29-25(30)23(19-10-12-20(27)13-11-19)24(26(29)31)28-15-14-18-7-3-4-8-22(18)28/h3-13H,14-15H2,1-2H3. The lowest BCUT2D eigenvalue weighted by atomic mass is 10.0. The lowest BCUT2D eigenvalue weighted by molar-refractivity contribution is -0.120. The van der Waals surface area contributed by atoms with Crippen molar-refractivity contribution in [2.45, 2.75) is 20.3 Å². The van der Waals surface area contributed by atoms with Gasteiger partial charge in [0, 0.05) is 17.3 Å². The van der Waals surface area contributed by atoms with E-state index in [1.54, 1.807) is 24.3 Å². The Morgan fingerprint density at radius 2 is 1.52 bits per heavy atom. The first-order chi connectivity index (χ1) is 15.0. The largest absolute Gasteiger partial charge is 0.336 e. The van der Waals surface area contributed by atoms with Gasteiger partial charge in [-0.25, -0.2) is 4.90 Å². The highest BCUT2D eigenvalue weighted by Crippen LogP contribution is 2.41. The number of benzene rings is 3. The molecule has 0 aliphatic carbocycles. The summed E-state index contributed by atoms with van der Waals surface area (Å²) in [6.45, 7) is 4.58. The molecule has 0 spiro atoms. The van der Waals surface area contributed by atoms with Crippen LogP contribution < -0.4 is 9.80 Å². The molecule has 2 aliphatic rings. The van der Waals surface area contributed by atoms with Gasteiger partial charge >= 0.3 is 0 Å². The molecule has 31 heavy (non-hydrogen) atoms. The number of carbonyl (C=O) groups excluding carboxylic acids is 2. The summed E-state index contributed by atoms with van der Waals surface area (Å²) in [5, 5.41) is 0.584. The normalized spacial score (nSPS) is 15.8. The third-order valence-corrected chi connectivity index (χ3v) is 6.42. The Kier molecular flexibility index (Phi) is 4.67. The summed E-state index contributed by atoms with van der Waals surface area (Å²) in [6.07, 6.45) is 0.832. The maximum atomic E-state index is 13.8. The van der Waals surface area contributed by atoms with Crippen LogP contribution in [0, 0.1) is 13.8 Å². The van der Waals surface area contributed by atoms with Gasteiger partial charge in [0.05, 0.1) is 11.3 Å². The Hall–Kier alpha value is -3.37. The Morgan fingerprint density at radius 1 is 0.806 bits per heavy atom. The van der Waals surface area contributed by atoms with E-state index in [1.165, 1.54) is 10.5 Å². The fraction of sp³-hybridized carbons (Fsp3) is 0.154. The number of hydrogen-bond acceptors (Lipinski definition) is 3. The first kappa shape index (κ1) is 19.6. The molecule has 2 amide bonds. The van der Waals surface area contributed by atoms with Crippen LogP contribution in [0.2, 0.25) is 5.02 Å². The third-order valence-electron chi connectivity index (χ3n) is 6.17. The summed E-state index contributed by atoms with van der Waals surface area (Å²) >= 11 is 6.09. The number of imide groups is 1. The van der Waals surface area contributed by atoms with Crippen LogP contribution in [0.15, 0.2) is 72.4 Å². The molecular formula is C26H21ClN2O2. The molecule has 4 nitrogen and oxygen atoms in total. The number of hydrogen-bond donors (Lipinski definition) is 0. The molecule has 0 aromatic heterocycles. The van der Waals surface area contributed by atoms with Crippen molar-refractivity contribution in [1.82, 2.24) is 0 Å². The fourth-order valence-electron chi connectivity index (χ4n) is 4.41. The molecule has 5 rings (SSSR count). The van der Waals surface area contributed by atoms with Gasteiger partial charge in [0.25, 0.3) is 11.8 Å². The third kappa shape index (κ3) is 3.06. The number of aryl methyl sites for hydroxylation is 1. The number of nitrogens with zero attached hydrogens (tertiary/aromatic N) is 2. The average molecular weight is 429 g/mol. The smallest absolute Gasteiger partial charge is 0.282 e. The quantitative estimate of drug-likeness (QED) is 0.531. The molecular weight excluding hydrogens is 408 g/mol. The van der Waals surface area contributed by atoms with Gasteiger partial charge in [0.1, 0.15) is 5.70 Å². The van der Waals surface area contributed by atoms with Crippen LogP contribution in [0.3, 0.4) is 0 Å². The van der Waals surface area contributed by atoms with Gasteiger partial charge in [-0.3, -0.25) is 9.59 Å². The second-order valence-electron chi connectivity index (χ2n) is 7.93. The van der Waals surface area contributed by atoms with Crippen molar-refractivity contribution in [2.24, 2.45) is 0 Å². The van der Waals surface area contributed by atoms with E-state index >= 15 is 0 Å². The van der Waals surface area contributed by atoms with E-state index in [0.717, 1.165) is 23.2 Å². The van der Waals surface area contributed by atoms with Crippen LogP contribution in [-0.4, -0.2) is 18.4 Å². The maximum absolute atomic E-state index is 13.8. The van der Waals surface area contributed by atoms with Gasteiger partial charge in [-0.2, -0.15) is 0 Å². The van der Waals surface area contributed by atoms with Crippen molar-refractivity contribution in [3.05, 3.63) is 99.7 Å². The number of fused-ring (bicyclic) bond motifs is 1. The SMILES string of the molecule is Cc1cccc(N2C(=O)C(c3ccc(Cl)cc3)=C(N3CCc4ccccc43)C2=O)c1C. The summed E-state index contributed by atoms with van der Waals surface area (Å²) in [5.41, 5.74) is 6.27. The number of carbonyl (C=O) groups is 2. The minimum atomic E-state index is -0.305. The highest BCUT2D eigenvalue weighted by Gasteiger charge is 2.44. The molecule has 154 valence electrons. The van der Waals surface area contributed by atoms with Crippen molar-refractivity contribution < 1.29 is 9.59 Å². The van der Waals surface area contributed by atoms with Crippen LogP contribution >= 0.6 is 11.6 Å². The van der Waals surface area contributed by atoms with E-state index in [4.69, 9.17) is 11.6 Å². The summed E-state index contributed by atoms with van der Waals surface area (Å²) in [7, 11) is 0. The van der Waals surface area contributed by atoms with E-state index in [0.29, 0.717) is 34.1 Å². The minimum Gasteiger partial charge on any atom is -0.336 e.